The lowest BCUT2D eigenvalue weighted by Crippen LogP contribution is -2.71. The van der Waals surface area contributed by atoms with E-state index in [0.29, 0.717) is 0 Å². The molecule has 13 heteroatoms. The number of carbonyl (C=O) groups excluding carboxylic acids is 1. The Balaban J connectivity index is 2.03. The summed E-state index contributed by atoms with van der Waals surface area (Å²) in [5, 5.41) is 15.4. The van der Waals surface area contributed by atoms with E-state index in [0.717, 1.165) is 10.4 Å². The van der Waals surface area contributed by atoms with Gasteiger partial charge in [0.25, 0.3) is 8.32 Å². The highest BCUT2D eigenvalue weighted by atomic mass is 32.2. The zero-order chi connectivity index (χ0) is 42.0. The predicted molar refractivity (Wildman–Crippen MR) is 227 cm³/mol. The van der Waals surface area contributed by atoms with E-state index in [4.69, 9.17) is 23.1 Å². The number of nitrogens with one attached hydrogen (secondary N) is 1. The minimum Gasteiger partial charge on any atom is -0.444 e. The minimum absolute atomic E-state index is 0.0235. The van der Waals surface area contributed by atoms with Gasteiger partial charge < -0.3 is 33.5 Å². The van der Waals surface area contributed by atoms with E-state index in [2.05, 4.69) is 60.0 Å². The first-order valence-electron chi connectivity index (χ1n) is 19.4. The molecule has 1 fully saturated rings. The fraction of sp³-hybridized carbons (Fsp3) is 0.558. The van der Waals surface area contributed by atoms with Crippen LogP contribution in [-0.2, 0) is 32.9 Å². The summed E-state index contributed by atoms with van der Waals surface area (Å²) in [5.74, 6) is -1.05. The van der Waals surface area contributed by atoms with Gasteiger partial charge in [-0.2, -0.15) is 0 Å². The first-order valence-corrected chi connectivity index (χ1v) is 25.8. The Bertz CT molecular complexity index is 1800. The highest BCUT2D eigenvalue weighted by Gasteiger charge is 2.57. The van der Waals surface area contributed by atoms with E-state index in [1.165, 1.54) is 12.1 Å². The van der Waals surface area contributed by atoms with Gasteiger partial charge in [0.15, 0.2) is 23.9 Å². The van der Waals surface area contributed by atoms with Crippen molar-refractivity contribution >= 4 is 42.9 Å². The Kier molecular flexibility index (Phi) is 14.0. The Hall–Kier alpha value is -2.89. The van der Waals surface area contributed by atoms with E-state index in [9.17, 15) is 9.90 Å². The molecule has 2 unspecified atom stereocenters. The van der Waals surface area contributed by atoms with Gasteiger partial charge in [0, 0.05) is 0 Å². The van der Waals surface area contributed by atoms with Gasteiger partial charge in [-0.25, -0.2) is 13.2 Å². The van der Waals surface area contributed by atoms with Crippen molar-refractivity contribution in [3.05, 3.63) is 91.0 Å². The van der Waals surface area contributed by atoms with Crippen LogP contribution in [0.2, 0.25) is 23.2 Å². The van der Waals surface area contributed by atoms with Crippen LogP contribution in [0.5, 0.6) is 0 Å². The molecule has 1 aliphatic heterocycles. The van der Waals surface area contributed by atoms with Crippen molar-refractivity contribution in [2.75, 3.05) is 13.2 Å². The maximum atomic E-state index is 15.2. The van der Waals surface area contributed by atoms with Crippen LogP contribution < -0.4 is 15.7 Å². The average molecular weight is 828 g/mol. The minimum atomic E-state index is -4.46. The van der Waals surface area contributed by atoms with Crippen molar-refractivity contribution in [2.24, 2.45) is 0 Å². The first kappa shape index (κ1) is 45.8. The van der Waals surface area contributed by atoms with Crippen molar-refractivity contribution in [2.45, 2.75) is 145 Å². The SMILES string of the molecule is CC(C)(C)OC(=O)N[C@H](CO[Si](C)(C)C(C)(C)C)C(C(O)[C@H](O[Si](c1ccccc1)(c1ccccc1)C(C)(C)C)[C@@H]1COC(C)(C)O1)S(=O)(=O)c1ccccc1. The van der Waals surface area contributed by atoms with Crippen LogP contribution in [0.3, 0.4) is 0 Å². The van der Waals surface area contributed by atoms with Gasteiger partial charge in [-0.15, -0.1) is 0 Å². The van der Waals surface area contributed by atoms with Crippen molar-refractivity contribution in [3.8, 4) is 0 Å². The van der Waals surface area contributed by atoms with Gasteiger partial charge in [-0.05, 0) is 80.3 Å². The van der Waals surface area contributed by atoms with Crippen molar-refractivity contribution in [1.82, 2.24) is 5.32 Å². The fourth-order valence-corrected chi connectivity index (χ4v) is 14.6. The number of aliphatic hydroxyl groups is 1. The summed E-state index contributed by atoms with van der Waals surface area (Å²) in [4.78, 5) is 13.7. The number of alkyl carbamates (subject to hydrolysis) is 1. The summed E-state index contributed by atoms with van der Waals surface area (Å²) in [6, 6.07) is 26.5. The number of carbonyl (C=O) groups is 1. The van der Waals surface area contributed by atoms with Gasteiger partial charge >= 0.3 is 6.09 Å². The lowest BCUT2D eigenvalue weighted by atomic mass is 10.0. The standard InChI is InChI=1S/C43H65NO9SSi2/c1-40(2,3)52-39(46)44-34(29-50-55(12,13)41(4,5)6)38(54(47,48)31-23-17-14-18-24-31)36(45)37(35-30-49-43(10,11)51-35)53-56(42(7,8)9,32-25-19-15-20-26-32)33-27-21-16-22-28-33/h14-28,34-38,45H,29-30H2,1-13H3,(H,44,46)/t34-,35+,36?,37-,38?/m1/s1. The highest BCUT2D eigenvalue weighted by molar-refractivity contribution is 7.92. The zero-order valence-corrected chi connectivity index (χ0v) is 38.4. The quantitative estimate of drug-likeness (QED) is 0.162. The molecule has 0 bridgehead atoms. The topological polar surface area (TPSA) is 130 Å². The molecule has 1 saturated heterocycles. The van der Waals surface area contributed by atoms with Gasteiger partial charge in [0.2, 0.25) is 0 Å². The van der Waals surface area contributed by atoms with E-state index in [1.807, 2.05) is 60.7 Å². The second kappa shape index (κ2) is 17.1. The van der Waals surface area contributed by atoms with Crippen LogP contribution >= 0.6 is 0 Å². The molecular weight excluding hydrogens is 763 g/mol. The number of ether oxygens (including phenoxy) is 3. The number of hydrogen-bond donors (Lipinski definition) is 2. The van der Waals surface area contributed by atoms with Gasteiger partial charge in [0.1, 0.15) is 29.2 Å². The van der Waals surface area contributed by atoms with Gasteiger partial charge in [-0.1, -0.05) is 120 Å². The summed E-state index contributed by atoms with van der Waals surface area (Å²) in [6.45, 7) is 25.2. The summed E-state index contributed by atoms with van der Waals surface area (Å²) in [5.41, 5.74) is -0.892. The molecule has 3 aromatic carbocycles. The van der Waals surface area contributed by atoms with Gasteiger partial charge in [0.05, 0.1) is 24.2 Å². The molecule has 0 radical (unpaired) electrons. The average Bonchev–Trinajstić information content (AvgIpc) is 3.45. The first-order chi connectivity index (χ1) is 25.7. The number of amides is 1. The van der Waals surface area contributed by atoms with E-state index in [1.54, 1.807) is 52.8 Å². The second-order valence-corrected chi connectivity index (χ2v) is 29.9. The van der Waals surface area contributed by atoms with Crippen LogP contribution in [0.25, 0.3) is 0 Å². The normalized spacial score (nSPS) is 19.1. The number of rotatable bonds is 14. The van der Waals surface area contributed by atoms with Crippen molar-refractivity contribution in [3.63, 3.8) is 0 Å². The molecule has 310 valence electrons. The lowest BCUT2D eigenvalue weighted by molar-refractivity contribution is -0.158. The predicted octanol–water partition coefficient (Wildman–Crippen LogP) is 7.20. The molecule has 0 aromatic heterocycles. The number of aliphatic hydroxyl groups excluding tert-OH is 1. The fourth-order valence-electron chi connectivity index (χ4n) is 6.92. The van der Waals surface area contributed by atoms with Crippen molar-refractivity contribution in [1.29, 1.82) is 0 Å². The summed E-state index contributed by atoms with van der Waals surface area (Å²) in [7, 11) is -10.5. The Morgan fingerprint density at radius 3 is 1.73 bits per heavy atom. The molecule has 1 aliphatic rings. The summed E-state index contributed by atoms with van der Waals surface area (Å²) < 4.78 is 63.1. The number of hydrogen-bond acceptors (Lipinski definition) is 9. The van der Waals surface area contributed by atoms with Crippen LogP contribution in [0.4, 0.5) is 4.79 Å². The molecule has 3 aromatic rings. The largest absolute Gasteiger partial charge is 0.444 e. The van der Waals surface area contributed by atoms with E-state index in [-0.39, 0.29) is 23.1 Å². The van der Waals surface area contributed by atoms with Crippen LogP contribution in [0.15, 0.2) is 95.9 Å². The maximum absolute atomic E-state index is 15.2. The Morgan fingerprint density at radius 1 is 0.839 bits per heavy atom. The monoisotopic (exact) mass is 827 g/mol. The van der Waals surface area contributed by atoms with Crippen molar-refractivity contribution < 1.29 is 41.4 Å². The van der Waals surface area contributed by atoms with Crippen LogP contribution in [-0.4, -0.2) is 90.5 Å². The third-order valence-electron chi connectivity index (χ3n) is 10.8. The molecule has 0 saturated carbocycles. The van der Waals surface area contributed by atoms with E-state index >= 15 is 8.42 Å². The molecule has 2 N–H and O–H groups in total. The molecule has 4 rings (SSSR count). The number of benzene rings is 3. The molecule has 56 heavy (non-hydrogen) atoms. The molecular formula is C43H65NO9SSi2. The molecule has 10 nitrogen and oxygen atoms in total. The Morgan fingerprint density at radius 2 is 1.32 bits per heavy atom. The third-order valence-corrected chi connectivity index (χ3v) is 22.5. The van der Waals surface area contributed by atoms with Gasteiger partial charge in [-0.3, -0.25) is 0 Å². The molecule has 0 aliphatic carbocycles. The van der Waals surface area contributed by atoms with E-state index < -0.39 is 78.6 Å². The number of sulfone groups is 1. The lowest BCUT2D eigenvalue weighted by Gasteiger charge is -2.48. The molecule has 0 spiro atoms. The smallest absolute Gasteiger partial charge is 0.407 e. The maximum Gasteiger partial charge on any atom is 0.407 e. The Labute approximate surface area is 337 Å². The summed E-state index contributed by atoms with van der Waals surface area (Å²) in [6.07, 6.45) is -4.80. The van der Waals surface area contributed by atoms with Crippen LogP contribution in [0.1, 0.15) is 76.2 Å². The second-order valence-electron chi connectivity index (χ2n) is 18.8. The molecule has 1 heterocycles. The third kappa shape index (κ3) is 10.6. The molecule has 5 atom stereocenters. The molecule has 1 amide bonds. The van der Waals surface area contributed by atoms with Crippen LogP contribution in [0, 0.1) is 0 Å². The summed E-state index contributed by atoms with van der Waals surface area (Å²) >= 11 is 0. The highest BCUT2D eigenvalue weighted by Crippen LogP contribution is 2.41. The zero-order valence-electron chi connectivity index (χ0n) is 35.6.